The summed E-state index contributed by atoms with van der Waals surface area (Å²) < 4.78 is 6.84. The van der Waals surface area contributed by atoms with Crippen molar-refractivity contribution < 1.29 is 19.4 Å². The molecule has 1 heterocycles. The second-order valence-electron chi connectivity index (χ2n) is 5.92. The molecular weight excluding hydrogens is 578 g/mol. The highest BCUT2D eigenvalue weighted by atomic mass is 127. The molecule has 1 aromatic heterocycles. The number of anilines is 1. The number of nitrogens with zero attached hydrogens (tertiary/aromatic N) is 1. The van der Waals surface area contributed by atoms with Crippen LogP contribution in [0, 0.1) is 14.1 Å². The smallest absolute Gasteiger partial charge is 0.326 e. The molecular formula is C18H14I2N2O5. The highest BCUT2D eigenvalue weighted by Gasteiger charge is 2.21. The van der Waals surface area contributed by atoms with E-state index in [0.29, 0.717) is 18.1 Å². The molecule has 2 aromatic carbocycles. The Balaban J connectivity index is 1.92. The summed E-state index contributed by atoms with van der Waals surface area (Å²) in [7, 11) is 0. The SMILES string of the molecule is Cc1cccc2oc(N[C@@H](Cc3cc(I)c(O)c(I)c3)C(=O)O)nc(=O)c12. The Bertz CT molecular complexity index is 1070. The predicted molar refractivity (Wildman–Crippen MR) is 117 cm³/mol. The molecule has 0 unspecified atom stereocenters. The van der Waals surface area contributed by atoms with E-state index < -0.39 is 17.6 Å². The average Bonchev–Trinajstić information content (AvgIpc) is 2.58. The third-order valence-corrected chi connectivity index (χ3v) is 5.62. The molecule has 0 amide bonds. The number of hydrogen-bond donors (Lipinski definition) is 3. The molecule has 3 aromatic rings. The molecule has 3 rings (SSSR count). The van der Waals surface area contributed by atoms with Crippen LogP contribution in [-0.2, 0) is 11.2 Å². The van der Waals surface area contributed by atoms with E-state index in [1.165, 1.54) is 0 Å². The van der Waals surface area contributed by atoms with Gasteiger partial charge in [-0.25, -0.2) is 4.79 Å². The normalized spacial score (nSPS) is 12.1. The van der Waals surface area contributed by atoms with Gasteiger partial charge in [0.15, 0.2) is 0 Å². The Morgan fingerprint density at radius 1 is 1.30 bits per heavy atom. The van der Waals surface area contributed by atoms with Crippen molar-refractivity contribution in [3.8, 4) is 5.75 Å². The van der Waals surface area contributed by atoms with Gasteiger partial charge in [-0.15, -0.1) is 0 Å². The fourth-order valence-corrected chi connectivity index (χ4v) is 4.55. The van der Waals surface area contributed by atoms with Crippen LogP contribution in [0.25, 0.3) is 11.0 Å². The first-order chi connectivity index (χ1) is 12.8. The molecule has 0 aliphatic carbocycles. The molecule has 1 atom stereocenters. The summed E-state index contributed by atoms with van der Waals surface area (Å²) in [6.45, 7) is 1.78. The zero-order chi connectivity index (χ0) is 19.7. The van der Waals surface area contributed by atoms with Crippen molar-refractivity contribution in [1.82, 2.24) is 4.98 Å². The first-order valence-corrected chi connectivity index (χ1v) is 9.98. The van der Waals surface area contributed by atoms with Crippen LogP contribution in [0.1, 0.15) is 11.1 Å². The summed E-state index contributed by atoms with van der Waals surface area (Å²) in [5.41, 5.74) is 1.33. The Labute approximate surface area is 181 Å². The van der Waals surface area contributed by atoms with Crippen LogP contribution in [0.4, 0.5) is 6.01 Å². The number of fused-ring (bicyclic) bond motifs is 1. The van der Waals surface area contributed by atoms with Gasteiger partial charge in [-0.05, 0) is 81.4 Å². The molecule has 7 nitrogen and oxygen atoms in total. The number of halogens is 2. The minimum absolute atomic E-state index is 0.124. The minimum atomic E-state index is -1.11. The van der Waals surface area contributed by atoms with E-state index in [0.717, 1.165) is 11.1 Å². The van der Waals surface area contributed by atoms with Crippen molar-refractivity contribution in [1.29, 1.82) is 0 Å². The Morgan fingerprint density at radius 2 is 1.96 bits per heavy atom. The van der Waals surface area contributed by atoms with Crippen LogP contribution >= 0.6 is 45.2 Å². The lowest BCUT2D eigenvalue weighted by atomic mass is 10.1. The molecule has 0 fully saturated rings. The number of carboxylic acid groups (broad SMARTS) is 1. The number of aryl methyl sites for hydroxylation is 1. The molecule has 27 heavy (non-hydrogen) atoms. The minimum Gasteiger partial charge on any atom is -0.506 e. The maximum atomic E-state index is 12.3. The van der Waals surface area contributed by atoms with E-state index in [9.17, 15) is 19.8 Å². The van der Waals surface area contributed by atoms with Gasteiger partial charge in [-0.3, -0.25) is 4.79 Å². The van der Waals surface area contributed by atoms with Crippen LogP contribution in [-0.4, -0.2) is 27.2 Å². The zero-order valence-corrected chi connectivity index (χ0v) is 18.3. The number of aromatic hydroxyl groups is 1. The fourth-order valence-electron chi connectivity index (χ4n) is 2.66. The number of aliphatic carboxylic acids is 1. The van der Waals surface area contributed by atoms with Gasteiger partial charge in [-0.1, -0.05) is 12.1 Å². The molecule has 0 aliphatic heterocycles. The Morgan fingerprint density at radius 3 is 2.59 bits per heavy atom. The molecule has 3 N–H and O–H groups in total. The number of carboxylic acids is 1. The van der Waals surface area contributed by atoms with Crippen LogP contribution in [0.3, 0.4) is 0 Å². The van der Waals surface area contributed by atoms with Crippen LogP contribution < -0.4 is 10.9 Å². The molecule has 0 spiro atoms. The first-order valence-electron chi connectivity index (χ1n) is 7.83. The summed E-state index contributed by atoms with van der Waals surface area (Å²) in [5, 5.41) is 22.5. The first kappa shape index (κ1) is 19.9. The van der Waals surface area contributed by atoms with Gasteiger partial charge in [0.1, 0.15) is 17.4 Å². The van der Waals surface area contributed by atoms with Crippen LogP contribution in [0.2, 0.25) is 0 Å². The zero-order valence-electron chi connectivity index (χ0n) is 14.0. The topological polar surface area (TPSA) is 113 Å². The van der Waals surface area contributed by atoms with E-state index in [4.69, 9.17) is 4.42 Å². The van der Waals surface area contributed by atoms with Crippen molar-refractivity contribution in [2.24, 2.45) is 0 Å². The fraction of sp³-hybridized carbons (Fsp3) is 0.167. The number of rotatable bonds is 5. The lowest BCUT2D eigenvalue weighted by Crippen LogP contribution is -2.32. The van der Waals surface area contributed by atoms with Gasteiger partial charge in [0.05, 0.1) is 12.5 Å². The number of nitrogens with one attached hydrogen (secondary N) is 1. The Kier molecular flexibility index (Phi) is 5.89. The monoisotopic (exact) mass is 592 g/mol. The maximum Gasteiger partial charge on any atom is 0.326 e. The number of phenols is 1. The average molecular weight is 592 g/mol. The van der Waals surface area contributed by atoms with E-state index in [1.54, 1.807) is 37.3 Å². The number of hydrogen-bond acceptors (Lipinski definition) is 6. The highest BCUT2D eigenvalue weighted by Crippen LogP contribution is 2.28. The quantitative estimate of drug-likeness (QED) is 0.389. The van der Waals surface area contributed by atoms with Crippen molar-refractivity contribution in [3.63, 3.8) is 0 Å². The third kappa shape index (κ3) is 4.34. The highest BCUT2D eigenvalue weighted by molar-refractivity contribution is 14.1. The van der Waals surface area contributed by atoms with Gasteiger partial charge in [0.2, 0.25) is 0 Å². The van der Waals surface area contributed by atoms with Gasteiger partial charge in [-0.2, -0.15) is 4.98 Å². The molecule has 0 saturated carbocycles. The predicted octanol–water partition coefficient (Wildman–Crippen LogP) is 3.52. The van der Waals surface area contributed by atoms with Crippen molar-refractivity contribution >= 4 is 68.1 Å². The number of aromatic nitrogens is 1. The van der Waals surface area contributed by atoms with Gasteiger partial charge < -0.3 is 19.9 Å². The van der Waals surface area contributed by atoms with E-state index >= 15 is 0 Å². The van der Waals surface area contributed by atoms with Gasteiger partial charge >= 0.3 is 5.97 Å². The Hall–Kier alpha value is -1.89. The van der Waals surface area contributed by atoms with Crippen LogP contribution in [0.15, 0.2) is 39.5 Å². The molecule has 140 valence electrons. The third-order valence-electron chi connectivity index (χ3n) is 3.97. The molecule has 0 aliphatic rings. The van der Waals surface area contributed by atoms with Crippen molar-refractivity contribution in [2.75, 3.05) is 5.32 Å². The summed E-state index contributed by atoms with van der Waals surface area (Å²) in [4.78, 5) is 27.8. The second-order valence-corrected chi connectivity index (χ2v) is 8.24. The van der Waals surface area contributed by atoms with Crippen molar-refractivity contribution in [3.05, 3.63) is 59.0 Å². The number of benzene rings is 2. The maximum absolute atomic E-state index is 12.3. The standard InChI is InChI=1S/C18H14I2N2O5/c1-8-3-2-4-13-14(8)16(24)22-18(27-13)21-12(17(25)26)7-9-5-10(19)15(23)11(20)6-9/h2-6,12,23H,7H2,1H3,(H,25,26)(H,21,22,24)/t12-/m0/s1. The lowest BCUT2D eigenvalue weighted by molar-refractivity contribution is -0.137. The van der Waals surface area contributed by atoms with E-state index in [-0.39, 0.29) is 18.2 Å². The second kappa shape index (κ2) is 8.00. The molecule has 9 heteroatoms. The largest absolute Gasteiger partial charge is 0.506 e. The molecule has 0 saturated heterocycles. The van der Waals surface area contributed by atoms with Gasteiger partial charge in [0, 0.05) is 6.42 Å². The van der Waals surface area contributed by atoms with Gasteiger partial charge in [0.25, 0.3) is 11.6 Å². The van der Waals surface area contributed by atoms with E-state index in [2.05, 4.69) is 10.3 Å². The van der Waals surface area contributed by atoms with E-state index in [1.807, 2.05) is 45.2 Å². The summed E-state index contributed by atoms with van der Waals surface area (Å²) in [6, 6.07) is 7.39. The van der Waals surface area contributed by atoms with Crippen molar-refractivity contribution in [2.45, 2.75) is 19.4 Å². The summed E-state index contributed by atoms with van der Waals surface area (Å²) in [6.07, 6.45) is 0.124. The number of carbonyl (C=O) groups is 1. The molecule has 0 bridgehead atoms. The van der Waals surface area contributed by atoms with Crippen LogP contribution in [0.5, 0.6) is 5.75 Å². The lowest BCUT2D eigenvalue weighted by Gasteiger charge is -2.15. The number of phenolic OH excluding ortho intramolecular Hbond substituents is 1. The summed E-state index contributed by atoms with van der Waals surface area (Å²) >= 11 is 3.97. The molecule has 0 radical (unpaired) electrons. The summed E-state index contributed by atoms with van der Waals surface area (Å²) in [5.74, 6) is -0.945.